The first kappa shape index (κ1) is 16.6. The van der Waals surface area contributed by atoms with Crippen molar-refractivity contribution >= 4 is 5.84 Å². The van der Waals surface area contributed by atoms with Gasteiger partial charge in [0.1, 0.15) is 0 Å². The number of hydrogen-bond acceptors (Lipinski definition) is 2. The van der Waals surface area contributed by atoms with Crippen molar-refractivity contribution in [3.05, 3.63) is 35.9 Å². The SMILES string of the molecule is CC(C)CN(CCC(=N)N)CC(F)(F)c1ccccc1. The van der Waals surface area contributed by atoms with E-state index in [9.17, 15) is 8.78 Å². The molecule has 1 rings (SSSR count). The van der Waals surface area contributed by atoms with Crippen LogP contribution in [0.5, 0.6) is 0 Å². The lowest BCUT2D eigenvalue weighted by atomic mass is 10.1. The van der Waals surface area contributed by atoms with E-state index in [4.69, 9.17) is 11.1 Å². The predicted octanol–water partition coefficient (Wildman–Crippen LogP) is 3.06. The second-order valence-corrected chi connectivity index (χ2v) is 5.47. The number of rotatable bonds is 8. The molecule has 0 unspecified atom stereocenters. The van der Waals surface area contributed by atoms with Crippen LogP contribution in [0.15, 0.2) is 30.3 Å². The van der Waals surface area contributed by atoms with E-state index in [1.165, 1.54) is 12.1 Å². The van der Waals surface area contributed by atoms with E-state index in [1.807, 2.05) is 13.8 Å². The normalized spacial score (nSPS) is 12.1. The number of alkyl halides is 2. The van der Waals surface area contributed by atoms with Crippen LogP contribution >= 0.6 is 0 Å². The Labute approximate surface area is 119 Å². The minimum Gasteiger partial charge on any atom is -0.388 e. The molecule has 1 aromatic rings. The van der Waals surface area contributed by atoms with Crippen LogP contribution in [0.1, 0.15) is 25.8 Å². The Morgan fingerprint density at radius 3 is 2.40 bits per heavy atom. The van der Waals surface area contributed by atoms with Gasteiger partial charge >= 0.3 is 0 Å². The first-order valence-electron chi connectivity index (χ1n) is 6.80. The van der Waals surface area contributed by atoms with Crippen molar-refractivity contribution in [3.8, 4) is 0 Å². The van der Waals surface area contributed by atoms with Crippen LogP contribution in [0, 0.1) is 11.3 Å². The maximum Gasteiger partial charge on any atom is 0.285 e. The average Bonchev–Trinajstić information content (AvgIpc) is 2.36. The molecule has 3 nitrogen and oxygen atoms in total. The Hall–Kier alpha value is -1.49. The highest BCUT2D eigenvalue weighted by atomic mass is 19.3. The third kappa shape index (κ3) is 5.65. The lowest BCUT2D eigenvalue weighted by Gasteiger charge is -2.28. The Balaban J connectivity index is 2.74. The summed E-state index contributed by atoms with van der Waals surface area (Å²) in [5, 5.41) is 7.23. The van der Waals surface area contributed by atoms with E-state index in [0.29, 0.717) is 19.5 Å². The molecule has 0 fully saturated rings. The van der Waals surface area contributed by atoms with E-state index in [0.717, 1.165) is 0 Å². The van der Waals surface area contributed by atoms with Crippen molar-refractivity contribution in [2.24, 2.45) is 11.7 Å². The molecule has 0 saturated carbocycles. The van der Waals surface area contributed by atoms with Crippen molar-refractivity contribution < 1.29 is 8.78 Å². The van der Waals surface area contributed by atoms with Crippen molar-refractivity contribution in [1.82, 2.24) is 4.90 Å². The first-order valence-corrected chi connectivity index (χ1v) is 6.80. The van der Waals surface area contributed by atoms with Crippen molar-refractivity contribution in [1.29, 1.82) is 5.41 Å². The Morgan fingerprint density at radius 1 is 1.30 bits per heavy atom. The highest BCUT2D eigenvalue weighted by Gasteiger charge is 2.33. The summed E-state index contributed by atoms with van der Waals surface area (Å²) >= 11 is 0. The first-order chi connectivity index (χ1) is 9.31. The standard InChI is InChI=1S/C15H23F2N3/c1-12(2)10-20(9-8-14(18)19)11-15(16,17)13-6-4-3-5-7-13/h3-7,12H,8-11H2,1-2H3,(H3,18,19). The predicted molar refractivity (Wildman–Crippen MR) is 78.1 cm³/mol. The number of benzene rings is 1. The number of hydrogen-bond donors (Lipinski definition) is 2. The van der Waals surface area contributed by atoms with Crippen LogP contribution < -0.4 is 5.73 Å². The minimum atomic E-state index is -2.90. The van der Waals surface area contributed by atoms with Crippen molar-refractivity contribution in [2.45, 2.75) is 26.2 Å². The van der Waals surface area contributed by atoms with E-state index in [2.05, 4.69) is 0 Å². The molecule has 0 atom stereocenters. The van der Waals surface area contributed by atoms with Gasteiger partial charge in [0.2, 0.25) is 0 Å². The summed E-state index contributed by atoms with van der Waals surface area (Å²) in [7, 11) is 0. The van der Waals surface area contributed by atoms with Gasteiger partial charge in [0, 0.05) is 25.1 Å². The molecule has 0 saturated heterocycles. The molecule has 0 radical (unpaired) electrons. The van der Waals surface area contributed by atoms with Gasteiger partial charge in [-0.1, -0.05) is 44.2 Å². The summed E-state index contributed by atoms with van der Waals surface area (Å²) in [6, 6.07) is 7.84. The fraction of sp³-hybridized carbons (Fsp3) is 0.533. The Kier molecular flexibility index (Phi) is 6.07. The monoisotopic (exact) mass is 283 g/mol. The van der Waals surface area contributed by atoms with Crippen LogP contribution in [0.25, 0.3) is 0 Å². The third-order valence-electron chi connectivity index (χ3n) is 2.94. The molecule has 0 spiro atoms. The van der Waals surface area contributed by atoms with Crippen LogP contribution in [-0.4, -0.2) is 30.4 Å². The number of nitrogens with two attached hydrogens (primary N) is 1. The molecule has 0 amide bonds. The van der Waals surface area contributed by atoms with Gasteiger partial charge in [0.15, 0.2) is 0 Å². The van der Waals surface area contributed by atoms with E-state index in [-0.39, 0.29) is 23.9 Å². The molecule has 0 aliphatic heterocycles. The van der Waals surface area contributed by atoms with Crippen molar-refractivity contribution in [2.75, 3.05) is 19.6 Å². The summed E-state index contributed by atoms with van der Waals surface area (Å²) in [5.74, 6) is -2.58. The maximum absolute atomic E-state index is 14.3. The highest BCUT2D eigenvalue weighted by molar-refractivity contribution is 5.76. The Bertz CT molecular complexity index is 418. The zero-order chi connectivity index (χ0) is 15.2. The van der Waals surface area contributed by atoms with Gasteiger partial charge in [0.25, 0.3) is 5.92 Å². The summed E-state index contributed by atoms with van der Waals surface area (Å²) in [5.41, 5.74) is 5.34. The topological polar surface area (TPSA) is 53.1 Å². The van der Waals surface area contributed by atoms with Crippen LogP contribution in [0.2, 0.25) is 0 Å². The van der Waals surface area contributed by atoms with Gasteiger partial charge in [-0.15, -0.1) is 0 Å². The molecule has 0 aromatic heterocycles. The molecule has 0 aliphatic carbocycles. The molecule has 20 heavy (non-hydrogen) atoms. The lowest BCUT2D eigenvalue weighted by Crippen LogP contribution is -2.39. The highest BCUT2D eigenvalue weighted by Crippen LogP contribution is 2.29. The molecule has 0 heterocycles. The maximum atomic E-state index is 14.3. The molecular formula is C15H23F2N3. The zero-order valence-electron chi connectivity index (χ0n) is 12.1. The smallest absolute Gasteiger partial charge is 0.285 e. The van der Waals surface area contributed by atoms with E-state index < -0.39 is 5.92 Å². The van der Waals surface area contributed by atoms with Crippen LogP contribution in [-0.2, 0) is 5.92 Å². The van der Waals surface area contributed by atoms with Gasteiger partial charge in [-0.05, 0) is 5.92 Å². The zero-order valence-corrected chi connectivity index (χ0v) is 12.1. The van der Waals surface area contributed by atoms with E-state index >= 15 is 0 Å². The minimum absolute atomic E-state index is 0.0246. The number of nitrogens with zero attached hydrogens (tertiary/aromatic N) is 1. The summed E-state index contributed by atoms with van der Waals surface area (Å²) in [6.07, 6.45) is 0.317. The molecule has 0 aliphatic rings. The molecular weight excluding hydrogens is 260 g/mol. The van der Waals surface area contributed by atoms with Crippen LogP contribution in [0.4, 0.5) is 8.78 Å². The van der Waals surface area contributed by atoms with Gasteiger partial charge in [-0.25, -0.2) is 0 Å². The number of halogens is 2. The molecule has 5 heteroatoms. The molecule has 112 valence electrons. The van der Waals surface area contributed by atoms with Crippen molar-refractivity contribution in [3.63, 3.8) is 0 Å². The Morgan fingerprint density at radius 2 is 1.90 bits per heavy atom. The van der Waals surface area contributed by atoms with Gasteiger partial charge in [-0.3, -0.25) is 10.3 Å². The summed E-state index contributed by atoms with van der Waals surface area (Å²) in [4.78, 5) is 1.68. The lowest BCUT2D eigenvalue weighted by molar-refractivity contribution is -0.0395. The molecule has 1 aromatic carbocycles. The number of nitrogens with one attached hydrogen (secondary N) is 1. The van der Waals surface area contributed by atoms with E-state index in [1.54, 1.807) is 23.1 Å². The summed E-state index contributed by atoms with van der Waals surface area (Å²) in [6.45, 7) is 4.58. The van der Waals surface area contributed by atoms with Crippen LogP contribution in [0.3, 0.4) is 0 Å². The second-order valence-electron chi connectivity index (χ2n) is 5.47. The van der Waals surface area contributed by atoms with Gasteiger partial charge in [-0.2, -0.15) is 8.78 Å². The fourth-order valence-corrected chi connectivity index (χ4v) is 2.08. The van der Waals surface area contributed by atoms with Gasteiger partial charge in [0.05, 0.1) is 12.4 Å². The fourth-order valence-electron chi connectivity index (χ4n) is 2.08. The van der Waals surface area contributed by atoms with Gasteiger partial charge < -0.3 is 5.73 Å². The molecule has 3 N–H and O–H groups in total. The average molecular weight is 283 g/mol. The third-order valence-corrected chi connectivity index (χ3v) is 2.94. The number of amidine groups is 1. The second kappa shape index (κ2) is 7.33. The quantitative estimate of drug-likeness (QED) is 0.569. The molecule has 0 bridgehead atoms. The largest absolute Gasteiger partial charge is 0.388 e. The summed E-state index contributed by atoms with van der Waals surface area (Å²) < 4.78 is 28.5.